The van der Waals surface area contributed by atoms with Gasteiger partial charge in [-0.3, -0.25) is 0 Å². The molecular formula is C20H22FNO3S. The van der Waals surface area contributed by atoms with Gasteiger partial charge in [0.05, 0.1) is 10.9 Å². The number of carbonyl (C=O) groups excluding carboxylic acids is 1. The quantitative estimate of drug-likeness (QED) is 0.717. The average molecular weight is 375 g/mol. The van der Waals surface area contributed by atoms with Gasteiger partial charge in [0, 0.05) is 12.5 Å². The predicted molar refractivity (Wildman–Crippen MR) is 97.7 cm³/mol. The van der Waals surface area contributed by atoms with Gasteiger partial charge >= 0.3 is 0 Å². The van der Waals surface area contributed by atoms with Gasteiger partial charge in [0.15, 0.2) is 0 Å². The molecule has 1 unspecified atom stereocenters. The van der Waals surface area contributed by atoms with Crippen molar-refractivity contribution in [2.45, 2.75) is 49.6 Å². The summed E-state index contributed by atoms with van der Waals surface area (Å²) in [5.41, 5.74) is 1.76. The van der Waals surface area contributed by atoms with Gasteiger partial charge in [0.2, 0.25) is 10.0 Å². The fraction of sp³-hybridized carbons (Fsp3) is 0.350. The van der Waals surface area contributed by atoms with Crippen molar-refractivity contribution in [3.05, 3.63) is 65.5 Å². The number of halogens is 1. The molecule has 1 saturated heterocycles. The average Bonchev–Trinajstić information content (AvgIpc) is 3.05. The van der Waals surface area contributed by atoms with E-state index in [2.05, 4.69) is 0 Å². The summed E-state index contributed by atoms with van der Waals surface area (Å²) in [7, 11) is -3.72. The van der Waals surface area contributed by atoms with Crippen molar-refractivity contribution in [3.63, 3.8) is 0 Å². The van der Waals surface area contributed by atoms with E-state index in [0.717, 1.165) is 17.4 Å². The Hall–Kier alpha value is -2.05. The molecule has 6 heteroatoms. The number of hydrogen-bond donors (Lipinski definition) is 0. The van der Waals surface area contributed by atoms with Crippen LogP contribution < -0.4 is 0 Å². The highest BCUT2D eigenvalue weighted by molar-refractivity contribution is 7.89. The standard InChI is InChI=1S/C20H22FNO3S/c1-15-4-11-19(12-5-15)26(24,25)22-18(3-2-14-23)10-13-20(22)16-6-8-17(21)9-7-16/h4-9,11-12,14,18,20H,2-3,10,13H2,1H3/t18?,20-/m0/s1. The van der Waals surface area contributed by atoms with Gasteiger partial charge in [-0.1, -0.05) is 29.8 Å². The maximum atomic E-state index is 13.3. The van der Waals surface area contributed by atoms with Crippen molar-refractivity contribution in [3.8, 4) is 0 Å². The van der Waals surface area contributed by atoms with E-state index in [1.807, 2.05) is 6.92 Å². The summed E-state index contributed by atoms with van der Waals surface area (Å²) in [5.74, 6) is -0.350. The molecule has 0 amide bonds. The van der Waals surface area contributed by atoms with Crippen molar-refractivity contribution in [2.75, 3.05) is 0 Å². The number of rotatable bonds is 6. The minimum Gasteiger partial charge on any atom is -0.303 e. The number of aldehydes is 1. The third kappa shape index (κ3) is 3.71. The minimum absolute atomic E-state index is 0.235. The van der Waals surface area contributed by atoms with Crippen LogP contribution in [0.15, 0.2) is 53.4 Å². The van der Waals surface area contributed by atoms with Crippen LogP contribution in [0.25, 0.3) is 0 Å². The van der Waals surface area contributed by atoms with Crippen molar-refractivity contribution in [1.82, 2.24) is 4.31 Å². The first-order valence-corrected chi connectivity index (χ1v) is 10.2. The monoisotopic (exact) mass is 375 g/mol. The summed E-state index contributed by atoms with van der Waals surface area (Å²) >= 11 is 0. The van der Waals surface area contributed by atoms with E-state index in [1.54, 1.807) is 36.4 Å². The molecule has 1 aliphatic rings. The number of benzene rings is 2. The van der Waals surface area contributed by atoms with Crippen LogP contribution in [0.1, 0.15) is 42.9 Å². The Kier molecular flexibility index (Phi) is 5.53. The van der Waals surface area contributed by atoms with Crippen molar-refractivity contribution >= 4 is 16.3 Å². The first-order chi connectivity index (χ1) is 12.4. The van der Waals surface area contributed by atoms with Gasteiger partial charge in [-0.2, -0.15) is 4.31 Å². The second kappa shape index (κ2) is 7.68. The molecule has 0 aromatic heterocycles. The molecule has 1 fully saturated rings. The summed E-state index contributed by atoms with van der Waals surface area (Å²) in [6, 6.07) is 12.2. The van der Waals surface area contributed by atoms with Crippen LogP contribution in [0.3, 0.4) is 0 Å². The lowest BCUT2D eigenvalue weighted by Crippen LogP contribution is -2.37. The van der Waals surface area contributed by atoms with Gasteiger partial charge in [-0.15, -0.1) is 0 Å². The number of nitrogens with zero attached hydrogens (tertiary/aromatic N) is 1. The molecule has 1 heterocycles. The summed E-state index contributed by atoms with van der Waals surface area (Å²) in [6.45, 7) is 1.90. The van der Waals surface area contributed by atoms with Gasteiger partial charge in [0.25, 0.3) is 0 Å². The molecule has 138 valence electrons. The van der Waals surface area contributed by atoms with Gasteiger partial charge in [-0.25, -0.2) is 12.8 Å². The molecule has 2 aromatic rings. The van der Waals surface area contributed by atoms with Crippen molar-refractivity contribution in [1.29, 1.82) is 0 Å². The first kappa shape index (κ1) is 18.7. The molecule has 0 bridgehead atoms. The smallest absolute Gasteiger partial charge is 0.243 e. The maximum absolute atomic E-state index is 13.3. The molecule has 3 rings (SSSR count). The Balaban J connectivity index is 2.01. The molecule has 4 nitrogen and oxygen atoms in total. The summed E-state index contributed by atoms with van der Waals surface area (Å²) in [4.78, 5) is 11.0. The summed E-state index contributed by atoms with van der Waals surface area (Å²) < 4.78 is 41.5. The topological polar surface area (TPSA) is 54.5 Å². The van der Waals surface area contributed by atoms with E-state index in [1.165, 1.54) is 16.4 Å². The molecule has 0 saturated carbocycles. The molecule has 0 aliphatic carbocycles. The van der Waals surface area contributed by atoms with Crippen LogP contribution in [-0.2, 0) is 14.8 Å². The molecule has 26 heavy (non-hydrogen) atoms. The van der Waals surface area contributed by atoms with Crippen molar-refractivity contribution in [2.24, 2.45) is 0 Å². The number of hydrogen-bond acceptors (Lipinski definition) is 3. The molecule has 0 radical (unpaired) electrons. The Morgan fingerprint density at radius 2 is 1.73 bits per heavy atom. The van der Waals surface area contributed by atoms with Crippen molar-refractivity contribution < 1.29 is 17.6 Å². The Bertz CT molecular complexity index is 863. The molecule has 2 aromatic carbocycles. The van der Waals surface area contributed by atoms with Crippen LogP contribution >= 0.6 is 0 Å². The Morgan fingerprint density at radius 3 is 2.35 bits per heavy atom. The van der Waals surface area contributed by atoms with Gasteiger partial charge in [-0.05, 0) is 56.0 Å². The van der Waals surface area contributed by atoms with Gasteiger partial charge in [0.1, 0.15) is 12.1 Å². The van der Waals surface area contributed by atoms with Crippen LogP contribution in [0, 0.1) is 12.7 Å². The van der Waals surface area contributed by atoms with Crippen LogP contribution in [-0.4, -0.2) is 25.1 Å². The largest absolute Gasteiger partial charge is 0.303 e. The number of sulfonamides is 1. The summed E-state index contributed by atoms with van der Waals surface area (Å²) in [5, 5.41) is 0. The lowest BCUT2D eigenvalue weighted by atomic mass is 10.1. The number of carbonyl (C=O) groups is 1. The Morgan fingerprint density at radius 1 is 1.08 bits per heavy atom. The fourth-order valence-corrected chi connectivity index (χ4v) is 5.47. The zero-order chi connectivity index (χ0) is 18.7. The van der Waals surface area contributed by atoms with E-state index in [9.17, 15) is 17.6 Å². The van der Waals surface area contributed by atoms with E-state index in [4.69, 9.17) is 0 Å². The highest BCUT2D eigenvalue weighted by Gasteiger charge is 2.42. The number of aryl methyl sites for hydroxylation is 1. The van der Waals surface area contributed by atoms with E-state index >= 15 is 0 Å². The normalized spacial score (nSPS) is 21.0. The lowest BCUT2D eigenvalue weighted by molar-refractivity contribution is -0.108. The first-order valence-electron chi connectivity index (χ1n) is 8.73. The minimum atomic E-state index is -3.72. The fourth-order valence-electron chi connectivity index (χ4n) is 3.59. The second-order valence-electron chi connectivity index (χ2n) is 6.69. The molecule has 1 aliphatic heterocycles. The third-order valence-electron chi connectivity index (χ3n) is 4.91. The predicted octanol–water partition coefficient (Wildman–Crippen LogP) is 4.01. The van der Waals surface area contributed by atoms with E-state index in [-0.39, 0.29) is 22.8 Å². The maximum Gasteiger partial charge on any atom is 0.243 e. The summed E-state index contributed by atoms with van der Waals surface area (Å²) in [6.07, 6.45) is 2.97. The Labute approximate surface area is 153 Å². The molecule has 2 atom stereocenters. The third-order valence-corrected chi connectivity index (χ3v) is 6.88. The van der Waals surface area contributed by atoms with Gasteiger partial charge < -0.3 is 4.79 Å². The lowest BCUT2D eigenvalue weighted by Gasteiger charge is -2.29. The van der Waals surface area contributed by atoms with Crippen LogP contribution in [0.4, 0.5) is 4.39 Å². The molecular weight excluding hydrogens is 353 g/mol. The highest BCUT2D eigenvalue weighted by Crippen LogP contribution is 2.41. The zero-order valence-corrected chi connectivity index (χ0v) is 15.5. The molecule has 0 spiro atoms. The SMILES string of the molecule is Cc1ccc(S(=O)(=O)N2C(CCC=O)CC[C@H]2c2ccc(F)cc2)cc1. The highest BCUT2D eigenvalue weighted by atomic mass is 32.2. The second-order valence-corrected chi connectivity index (χ2v) is 8.53. The van der Waals surface area contributed by atoms with E-state index in [0.29, 0.717) is 25.7 Å². The zero-order valence-electron chi connectivity index (χ0n) is 14.6. The van der Waals surface area contributed by atoms with Crippen LogP contribution in [0.2, 0.25) is 0 Å². The van der Waals surface area contributed by atoms with Crippen LogP contribution in [0.5, 0.6) is 0 Å². The molecule has 0 N–H and O–H groups in total. The van der Waals surface area contributed by atoms with E-state index < -0.39 is 10.0 Å².